The molecule has 3 unspecified atom stereocenters. The lowest BCUT2D eigenvalue weighted by molar-refractivity contribution is 0.0814. The molecule has 1 saturated heterocycles. The molecule has 0 saturated carbocycles. The molecule has 1 aromatic rings. The van der Waals surface area contributed by atoms with Crippen molar-refractivity contribution >= 4 is 11.6 Å². The Balaban J connectivity index is 1.96. The highest BCUT2D eigenvalue weighted by Crippen LogP contribution is 2.27. The van der Waals surface area contributed by atoms with Crippen LogP contribution in [0.25, 0.3) is 0 Å². The van der Waals surface area contributed by atoms with Gasteiger partial charge in [0.1, 0.15) is 0 Å². The van der Waals surface area contributed by atoms with Gasteiger partial charge in [-0.15, -0.1) is 0 Å². The van der Waals surface area contributed by atoms with Crippen LogP contribution in [-0.4, -0.2) is 18.8 Å². The van der Waals surface area contributed by atoms with Crippen LogP contribution in [0, 0.1) is 5.92 Å². The van der Waals surface area contributed by atoms with Gasteiger partial charge in [-0.25, -0.2) is 0 Å². The summed E-state index contributed by atoms with van der Waals surface area (Å²) in [6.07, 6.45) is 3.39. The number of nitrogens with two attached hydrogens (primary N) is 1. The van der Waals surface area contributed by atoms with Gasteiger partial charge in [0.05, 0.1) is 6.10 Å². The molecule has 0 bridgehead atoms. The average molecular weight is 254 g/mol. The molecule has 2 rings (SSSR count). The predicted octanol–water partition coefficient (Wildman–Crippen LogP) is 3.02. The van der Waals surface area contributed by atoms with E-state index in [0.717, 1.165) is 30.9 Å². The first-order chi connectivity index (χ1) is 8.20. The van der Waals surface area contributed by atoms with Crippen molar-refractivity contribution in [3.63, 3.8) is 0 Å². The molecule has 3 heteroatoms. The molecule has 3 atom stereocenters. The van der Waals surface area contributed by atoms with Crippen molar-refractivity contribution in [3.8, 4) is 0 Å². The van der Waals surface area contributed by atoms with E-state index in [4.69, 9.17) is 22.1 Å². The highest BCUT2D eigenvalue weighted by molar-refractivity contribution is 6.30. The van der Waals surface area contributed by atoms with Gasteiger partial charge in [0.2, 0.25) is 0 Å². The SMILES string of the molecule is CCC1OCCC1C(N)Cc1ccc(Cl)cc1. The Bertz CT molecular complexity index is 352. The molecular formula is C14H20ClNO. The van der Waals surface area contributed by atoms with E-state index in [9.17, 15) is 0 Å². The fraction of sp³-hybridized carbons (Fsp3) is 0.571. The summed E-state index contributed by atoms with van der Waals surface area (Å²) in [5.74, 6) is 0.496. The van der Waals surface area contributed by atoms with Gasteiger partial charge in [0.15, 0.2) is 0 Å². The Kier molecular flexibility index (Phi) is 4.43. The molecule has 1 fully saturated rings. The monoisotopic (exact) mass is 253 g/mol. The van der Waals surface area contributed by atoms with Crippen LogP contribution in [0.4, 0.5) is 0 Å². The maximum Gasteiger partial charge on any atom is 0.0616 e. The highest BCUT2D eigenvalue weighted by Gasteiger charge is 2.31. The van der Waals surface area contributed by atoms with Gasteiger partial charge in [-0.05, 0) is 37.0 Å². The Morgan fingerprint density at radius 2 is 2.12 bits per heavy atom. The summed E-state index contributed by atoms with van der Waals surface area (Å²) in [5, 5.41) is 0.776. The minimum Gasteiger partial charge on any atom is -0.378 e. The minimum absolute atomic E-state index is 0.184. The second-order valence-electron chi connectivity index (χ2n) is 4.76. The van der Waals surface area contributed by atoms with E-state index in [1.165, 1.54) is 5.56 Å². The van der Waals surface area contributed by atoms with Crippen molar-refractivity contribution in [2.45, 2.75) is 38.3 Å². The molecule has 2 nitrogen and oxygen atoms in total. The summed E-state index contributed by atoms with van der Waals surface area (Å²) in [7, 11) is 0. The van der Waals surface area contributed by atoms with Crippen LogP contribution >= 0.6 is 11.6 Å². The van der Waals surface area contributed by atoms with Gasteiger partial charge in [-0.2, -0.15) is 0 Å². The van der Waals surface area contributed by atoms with E-state index in [0.29, 0.717) is 12.0 Å². The third-order valence-corrected chi connectivity index (χ3v) is 3.85. The molecule has 0 radical (unpaired) electrons. The third-order valence-electron chi connectivity index (χ3n) is 3.60. The van der Waals surface area contributed by atoms with E-state index in [-0.39, 0.29) is 6.04 Å². The van der Waals surface area contributed by atoms with Gasteiger partial charge in [0.25, 0.3) is 0 Å². The van der Waals surface area contributed by atoms with Gasteiger partial charge < -0.3 is 10.5 Å². The summed E-state index contributed by atoms with van der Waals surface area (Å²) in [5.41, 5.74) is 7.56. The van der Waals surface area contributed by atoms with Crippen LogP contribution in [-0.2, 0) is 11.2 Å². The number of hydrogen-bond acceptors (Lipinski definition) is 2. The lowest BCUT2D eigenvalue weighted by Crippen LogP contribution is -2.36. The van der Waals surface area contributed by atoms with Gasteiger partial charge in [-0.3, -0.25) is 0 Å². The van der Waals surface area contributed by atoms with Crippen LogP contribution < -0.4 is 5.73 Å². The number of halogens is 1. The molecule has 1 aliphatic rings. The molecule has 0 aromatic heterocycles. The number of rotatable bonds is 4. The molecule has 0 amide bonds. The number of benzene rings is 1. The molecule has 0 aliphatic carbocycles. The summed E-state index contributed by atoms with van der Waals surface area (Å²) in [6.45, 7) is 3.02. The zero-order valence-electron chi connectivity index (χ0n) is 10.2. The van der Waals surface area contributed by atoms with Crippen LogP contribution in [0.1, 0.15) is 25.3 Å². The first kappa shape index (κ1) is 12.9. The largest absolute Gasteiger partial charge is 0.378 e. The zero-order chi connectivity index (χ0) is 12.3. The normalized spacial score (nSPS) is 26.1. The molecule has 1 heterocycles. The average Bonchev–Trinajstić information content (AvgIpc) is 2.80. The van der Waals surface area contributed by atoms with E-state index < -0.39 is 0 Å². The fourth-order valence-electron chi connectivity index (χ4n) is 2.62. The Labute approximate surface area is 108 Å². The Hall–Kier alpha value is -0.570. The number of ether oxygens (including phenoxy) is 1. The molecule has 94 valence electrons. The van der Waals surface area contributed by atoms with E-state index in [2.05, 4.69) is 19.1 Å². The third kappa shape index (κ3) is 3.21. The van der Waals surface area contributed by atoms with Gasteiger partial charge >= 0.3 is 0 Å². The first-order valence-electron chi connectivity index (χ1n) is 6.32. The second kappa shape index (κ2) is 5.85. The van der Waals surface area contributed by atoms with E-state index in [1.807, 2.05) is 12.1 Å². The molecule has 0 spiro atoms. The summed E-state index contributed by atoms with van der Waals surface area (Å²) >= 11 is 5.87. The lowest BCUT2D eigenvalue weighted by atomic mass is 9.88. The summed E-state index contributed by atoms with van der Waals surface area (Å²) < 4.78 is 5.69. The van der Waals surface area contributed by atoms with Crippen molar-refractivity contribution in [1.29, 1.82) is 0 Å². The zero-order valence-corrected chi connectivity index (χ0v) is 11.0. The van der Waals surface area contributed by atoms with Crippen LogP contribution in [0.2, 0.25) is 5.02 Å². The lowest BCUT2D eigenvalue weighted by Gasteiger charge is -2.23. The number of hydrogen-bond donors (Lipinski definition) is 1. The maximum absolute atomic E-state index is 6.30. The molecule has 1 aliphatic heterocycles. The van der Waals surface area contributed by atoms with Crippen LogP contribution in [0.3, 0.4) is 0 Å². The summed E-state index contributed by atoms with van der Waals surface area (Å²) in [4.78, 5) is 0. The maximum atomic E-state index is 6.30. The van der Waals surface area contributed by atoms with Crippen molar-refractivity contribution in [1.82, 2.24) is 0 Å². The van der Waals surface area contributed by atoms with Gasteiger partial charge in [-0.1, -0.05) is 30.7 Å². The van der Waals surface area contributed by atoms with Gasteiger partial charge in [0, 0.05) is 23.6 Å². The van der Waals surface area contributed by atoms with Crippen LogP contribution in [0.15, 0.2) is 24.3 Å². The fourth-order valence-corrected chi connectivity index (χ4v) is 2.75. The van der Waals surface area contributed by atoms with E-state index in [1.54, 1.807) is 0 Å². The second-order valence-corrected chi connectivity index (χ2v) is 5.20. The Morgan fingerprint density at radius 1 is 1.41 bits per heavy atom. The van der Waals surface area contributed by atoms with Crippen molar-refractivity contribution in [3.05, 3.63) is 34.9 Å². The minimum atomic E-state index is 0.184. The molecule has 17 heavy (non-hydrogen) atoms. The molecular weight excluding hydrogens is 234 g/mol. The Morgan fingerprint density at radius 3 is 2.76 bits per heavy atom. The first-order valence-corrected chi connectivity index (χ1v) is 6.70. The van der Waals surface area contributed by atoms with Crippen molar-refractivity contribution in [2.75, 3.05) is 6.61 Å². The highest BCUT2D eigenvalue weighted by atomic mass is 35.5. The summed E-state index contributed by atoms with van der Waals surface area (Å²) in [6, 6.07) is 8.14. The predicted molar refractivity (Wildman–Crippen MR) is 71.3 cm³/mol. The quantitative estimate of drug-likeness (QED) is 0.895. The standard InChI is InChI=1S/C14H20ClNO/c1-2-14-12(7-8-17-14)13(16)9-10-3-5-11(15)6-4-10/h3-6,12-14H,2,7-9,16H2,1H3. The van der Waals surface area contributed by atoms with Crippen molar-refractivity contribution in [2.24, 2.45) is 11.7 Å². The molecule has 2 N–H and O–H groups in total. The van der Waals surface area contributed by atoms with E-state index >= 15 is 0 Å². The topological polar surface area (TPSA) is 35.2 Å². The molecule has 1 aromatic carbocycles. The smallest absolute Gasteiger partial charge is 0.0616 e. The van der Waals surface area contributed by atoms with Crippen LogP contribution in [0.5, 0.6) is 0 Å². The van der Waals surface area contributed by atoms with Crippen molar-refractivity contribution < 1.29 is 4.74 Å².